The summed E-state index contributed by atoms with van der Waals surface area (Å²) in [4.78, 5) is 24.6. The van der Waals surface area contributed by atoms with Gasteiger partial charge in [-0.05, 0) is 26.7 Å². The molecule has 38 heavy (non-hydrogen) atoms. The molecule has 0 aliphatic carbocycles. The Morgan fingerprint density at radius 3 is 1.39 bits per heavy atom. The average Bonchev–Trinajstić information content (AvgIpc) is 2.84. The number of carbonyl (C=O) groups excluding carboxylic acids is 2. The van der Waals surface area contributed by atoms with Gasteiger partial charge < -0.3 is 18.9 Å². The zero-order valence-corrected chi connectivity index (χ0v) is 25.1. The average molecular weight is 567 g/mol. The van der Waals surface area contributed by atoms with Gasteiger partial charge in [0.05, 0.1) is 19.6 Å². The fraction of sp³-hybridized carbons (Fsp3) is 0.929. The summed E-state index contributed by atoms with van der Waals surface area (Å²) in [6.07, 6.45) is 15.4. The van der Waals surface area contributed by atoms with Gasteiger partial charge in [0.15, 0.2) is 17.8 Å². The van der Waals surface area contributed by atoms with Crippen LogP contribution in [0.15, 0.2) is 0 Å². The first kappa shape index (κ1) is 36.8. The zero-order chi connectivity index (χ0) is 28.7. The number of rotatable bonds is 26. The Morgan fingerprint density at radius 2 is 1.00 bits per heavy atom. The number of hydrogen-bond donors (Lipinski definition) is 1. The molecule has 0 heterocycles. The second-order valence-electron chi connectivity index (χ2n) is 9.96. The first-order valence-corrected chi connectivity index (χ1v) is 16.2. The van der Waals surface area contributed by atoms with Crippen molar-refractivity contribution >= 4 is 22.1 Å². The summed E-state index contributed by atoms with van der Waals surface area (Å²) < 4.78 is 53.9. The van der Waals surface area contributed by atoms with Gasteiger partial charge in [-0.15, -0.1) is 0 Å². The quantitative estimate of drug-likeness (QED) is 0.0525. The molecule has 0 saturated heterocycles. The molecule has 0 saturated carbocycles. The van der Waals surface area contributed by atoms with Crippen molar-refractivity contribution < 1.29 is 41.5 Å². The Balaban J connectivity index is 4.22. The van der Waals surface area contributed by atoms with Crippen LogP contribution in [0.3, 0.4) is 0 Å². The molecule has 1 N–H and O–H groups in total. The van der Waals surface area contributed by atoms with Crippen molar-refractivity contribution in [3.05, 3.63) is 0 Å². The Kier molecular flexibility index (Phi) is 22.9. The van der Waals surface area contributed by atoms with Crippen LogP contribution in [0.25, 0.3) is 0 Å². The highest BCUT2D eigenvalue weighted by Crippen LogP contribution is 2.14. The van der Waals surface area contributed by atoms with Crippen LogP contribution in [-0.2, 0) is 38.7 Å². The summed E-state index contributed by atoms with van der Waals surface area (Å²) in [5, 5.41) is -2.09. The molecule has 10 heteroatoms. The monoisotopic (exact) mass is 566 g/mol. The molecule has 0 rings (SSSR count). The van der Waals surface area contributed by atoms with Crippen molar-refractivity contribution in [2.24, 2.45) is 0 Å². The minimum absolute atomic E-state index is 0.357. The molecule has 0 aromatic rings. The maximum absolute atomic E-state index is 12.4. The van der Waals surface area contributed by atoms with E-state index in [0.29, 0.717) is 13.2 Å². The summed E-state index contributed by atoms with van der Waals surface area (Å²) in [6, 6.07) is 0. The van der Waals surface area contributed by atoms with Crippen molar-refractivity contribution in [2.45, 2.75) is 155 Å². The Hall–Kier alpha value is -1.23. The predicted octanol–water partition coefficient (Wildman–Crippen LogP) is 6.73. The largest absolute Gasteiger partial charge is 0.436 e. The third-order valence-electron chi connectivity index (χ3n) is 6.25. The van der Waals surface area contributed by atoms with Gasteiger partial charge in [0.2, 0.25) is 0 Å². The van der Waals surface area contributed by atoms with E-state index in [4.69, 9.17) is 18.9 Å². The molecule has 0 radical (unpaired) electrons. The predicted molar refractivity (Wildman–Crippen MR) is 148 cm³/mol. The SMILES string of the molecule is CCCCCCCCCCOC(C)OC(=O)CC(C(=O)OC(C)OCCCCCCCCCC)S(=O)(=O)O. The van der Waals surface area contributed by atoms with Crippen LogP contribution in [0.5, 0.6) is 0 Å². The fourth-order valence-corrected chi connectivity index (χ4v) is 4.62. The van der Waals surface area contributed by atoms with Gasteiger partial charge in [-0.3, -0.25) is 14.1 Å². The molecule has 0 aliphatic rings. The first-order valence-electron chi connectivity index (χ1n) is 14.7. The van der Waals surface area contributed by atoms with Gasteiger partial charge in [-0.25, -0.2) is 0 Å². The Morgan fingerprint density at radius 1 is 0.632 bits per heavy atom. The van der Waals surface area contributed by atoms with Crippen LogP contribution in [0.2, 0.25) is 0 Å². The van der Waals surface area contributed by atoms with Gasteiger partial charge >= 0.3 is 11.9 Å². The molecule has 226 valence electrons. The summed E-state index contributed by atoms with van der Waals surface area (Å²) in [7, 11) is -4.89. The summed E-state index contributed by atoms with van der Waals surface area (Å²) in [6.45, 7) is 8.12. The standard InChI is InChI=1S/C28H54O9S/c1-5-7-9-11-13-15-17-19-21-34-24(3)36-27(29)23-26(38(31,32)33)28(30)37-25(4)35-22-20-18-16-14-12-10-8-6-2/h24-26H,5-23H2,1-4H3,(H,31,32,33). The molecule has 0 fully saturated rings. The van der Waals surface area contributed by atoms with Crippen molar-refractivity contribution in [1.29, 1.82) is 0 Å². The second kappa shape index (κ2) is 23.6. The van der Waals surface area contributed by atoms with Gasteiger partial charge in [0, 0.05) is 0 Å². The van der Waals surface area contributed by atoms with Crippen molar-refractivity contribution in [3.63, 3.8) is 0 Å². The topological polar surface area (TPSA) is 125 Å². The molecule has 0 bridgehead atoms. The van der Waals surface area contributed by atoms with Crippen LogP contribution in [0.4, 0.5) is 0 Å². The lowest BCUT2D eigenvalue weighted by atomic mass is 10.1. The lowest BCUT2D eigenvalue weighted by Gasteiger charge is -2.19. The normalized spacial score (nSPS) is 14.1. The van der Waals surface area contributed by atoms with E-state index in [2.05, 4.69) is 13.8 Å². The van der Waals surface area contributed by atoms with Gasteiger partial charge in [-0.1, -0.05) is 104 Å². The van der Waals surface area contributed by atoms with Gasteiger partial charge in [0.1, 0.15) is 0 Å². The summed E-state index contributed by atoms with van der Waals surface area (Å²) in [5.74, 6) is -2.25. The van der Waals surface area contributed by atoms with E-state index in [1.165, 1.54) is 78.1 Å². The molecule has 0 aromatic heterocycles. The van der Waals surface area contributed by atoms with E-state index < -0.39 is 46.3 Å². The highest BCUT2D eigenvalue weighted by Gasteiger charge is 2.37. The van der Waals surface area contributed by atoms with Crippen molar-refractivity contribution in [1.82, 2.24) is 0 Å². The van der Waals surface area contributed by atoms with Crippen LogP contribution < -0.4 is 0 Å². The molecule has 3 unspecified atom stereocenters. The van der Waals surface area contributed by atoms with Crippen LogP contribution in [0.1, 0.15) is 137 Å². The highest BCUT2D eigenvalue weighted by molar-refractivity contribution is 7.87. The number of ether oxygens (including phenoxy) is 4. The van der Waals surface area contributed by atoms with Gasteiger partial charge in [0.25, 0.3) is 10.1 Å². The summed E-state index contributed by atoms with van der Waals surface area (Å²) in [5.41, 5.74) is 0. The molecule has 3 atom stereocenters. The maximum Gasteiger partial charge on any atom is 0.329 e. The minimum atomic E-state index is -4.89. The summed E-state index contributed by atoms with van der Waals surface area (Å²) >= 11 is 0. The third kappa shape index (κ3) is 21.7. The molecular weight excluding hydrogens is 512 g/mol. The molecule has 0 aromatic carbocycles. The van der Waals surface area contributed by atoms with Crippen molar-refractivity contribution in [2.75, 3.05) is 13.2 Å². The lowest BCUT2D eigenvalue weighted by molar-refractivity contribution is -0.181. The van der Waals surface area contributed by atoms with Crippen LogP contribution in [-0.4, -0.2) is 56.0 Å². The first-order chi connectivity index (χ1) is 18.1. The molecular formula is C28H54O9S. The highest BCUT2D eigenvalue weighted by atomic mass is 32.2. The van der Waals surface area contributed by atoms with E-state index >= 15 is 0 Å². The molecule has 0 amide bonds. The van der Waals surface area contributed by atoms with E-state index in [1.54, 1.807) is 0 Å². The van der Waals surface area contributed by atoms with E-state index in [-0.39, 0.29) is 0 Å². The van der Waals surface area contributed by atoms with Crippen LogP contribution in [0, 0.1) is 0 Å². The van der Waals surface area contributed by atoms with Crippen LogP contribution >= 0.6 is 0 Å². The number of esters is 2. The minimum Gasteiger partial charge on any atom is -0.436 e. The fourth-order valence-electron chi connectivity index (χ4n) is 3.97. The van der Waals surface area contributed by atoms with E-state index in [0.717, 1.165) is 38.5 Å². The maximum atomic E-state index is 12.4. The lowest BCUT2D eigenvalue weighted by Crippen LogP contribution is -2.37. The second-order valence-corrected chi connectivity index (χ2v) is 11.6. The number of unbranched alkanes of at least 4 members (excludes halogenated alkanes) is 14. The number of carbonyl (C=O) groups is 2. The van der Waals surface area contributed by atoms with Crippen molar-refractivity contribution in [3.8, 4) is 0 Å². The molecule has 0 aliphatic heterocycles. The smallest absolute Gasteiger partial charge is 0.329 e. The van der Waals surface area contributed by atoms with E-state index in [1.807, 2.05) is 0 Å². The van der Waals surface area contributed by atoms with Gasteiger partial charge in [-0.2, -0.15) is 8.42 Å². The van der Waals surface area contributed by atoms with E-state index in [9.17, 15) is 22.6 Å². The Bertz CT molecular complexity index is 696. The molecule has 9 nitrogen and oxygen atoms in total. The number of hydrogen-bond acceptors (Lipinski definition) is 8. The third-order valence-corrected chi connectivity index (χ3v) is 7.33. The Labute approximate surface area is 231 Å². The molecule has 0 spiro atoms. The zero-order valence-electron chi connectivity index (χ0n) is 24.3.